The molecule has 1 heterocycles. The molecular formula is C22H37NO4Si. The number of aliphatic hydroxyl groups excluding tert-OH is 1. The molecule has 1 N–H and O–H groups in total. The van der Waals surface area contributed by atoms with Crippen molar-refractivity contribution in [2.75, 3.05) is 13.1 Å². The quantitative estimate of drug-likeness (QED) is 0.704. The SMILES string of the molecule is CC(C)(C)OC(=O)N1CC[C@@H](c2cccc(O[Si](C)(C)C(C)(C)C)c2)[C@H](O)C1. The van der Waals surface area contributed by atoms with Crippen molar-refractivity contribution >= 4 is 14.4 Å². The lowest BCUT2D eigenvalue weighted by molar-refractivity contribution is -0.00153. The van der Waals surface area contributed by atoms with Crippen molar-refractivity contribution in [1.29, 1.82) is 0 Å². The Hall–Kier alpha value is -1.53. The summed E-state index contributed by atoms with van der Waals surface area (Å²) in [4.78, 5) is 13.9. The van der Waals surface area contributed by atoms with Crippen molar-refractivity contribution in [1.82, 2.24) is 4.90 Å². The predicted octanol–water partition coefficient (Wildman–Crippen LogP) is 5.16. The second-order valence-corrected chi connectivity index (χ2v) is 15.0. The van der Waals surface area contributed by atoms with Crippen LogP contribution in [0.5, 0.6) is 5.75 Å². The zero-order valence-corrected chi connectivity index (χ0v) is 19.7. The lowest BCUT2D eigenvalue weighted by atomic mass is 9.87. The number of piperidine rings is 1. The smallest absolute Gasteiger partial charge is 0.410 e. The fourth-order valence-corrected chi connectivity index (χ4v) is 4.09. The van der Waals surface area contributed by atoms with E-state index in [0.29, 0.717) is 13.0 Å². The summed E-state index contributed by atoms with van der Waals surface area (Å²) in [5.41, 5.74) is 0.529. The Kier molecular flexibility index (Phi) is 6.56. The van der Waals surface area contributed by atoms with Gasteiger partial charge in [-0.3, -0.25) is 0 Å². The lowest BCUT2D eigenvalue weighted by Gasteiger charge is -2.38. The van der Waals surface area contributed by atoms with Gasteiger partial charge in [-0.25, -0.2) is 4.79 Å². The minimum atomic E-state index is -1.92. The first kappa shape index (κ1) is 22.8. The molecule has 0 bridgehead atoms. The molecule has 158 valence electrons. The highest BCUT2D eigenvalue weighted by Crippen LogP contribution is 2.38. The van der Waals surface area contributed by atoms with Crippen molar-refractivity contribution in [3.05, 3.63) is 29.8 Å². The van der Waals surface area contributed by atoms with Crippen LogP contribution in [0.4, 0.5) is 4.79 Å². The van der Waals surface area contributed by atoms with Crippen LogP contribution in [0, 0.1) is 0 Å². The van der Waals surface area contributed by atoms with Gasteiger partial charge in [0.05, 0.1) is 12.6 Å². The Morgan fingerprint density at radius 2 is 1.82 bits per heavy atom. The van der Waals surface area contributed by atoms with Crippen LogP contribution in [0.2, 0.25) is 18.1 Å². The molecule has 1 saturated heterocycles. The third kappa shape index (κ3) is 5.74. The number of carbonyl (C=O) groups is 1. The Balaban J connectivity index is 2.08. The van der Waals surface area contributed by atoms with E-state index >= 15 is 0 Å². The summed E-state index contributed by atoms with van der Waals surface area (Å²) in [6, 6.07) is 8.07. The van der Waals surface area contributed by atoms with E-state index in [9.17, 15) is 9.90 Å². The Labute approximate surface area is 171 Å². The van der Waals surface area contributed by atoms with E-state index in [-0.39, 0.29) is 23.6 Å². The average molecular weight is 408 g/mol. The second-order valence-electron chi connectivity index (χ2n) is 10.3. The summed E-state index contributed by atoms with van der Waals surface area (Å²) in [5, 5.41) is 10.8. The van der Waals surface area contributed by atoms with Crippen molar-refractivity contribution < 1.29 is 19.1 Å². The Morgan fingerprint density at radius 1 is 1.18 bits per heavy atom. The van der Waals surface area contributed by atoms with Crippen LogP contribution < -0.4 is 4.43 Å². The Bertz CT molecular complexity index is 691. The third-order valence-corrected chi connectivity index (χ3v) is 10.1. The summed E-state index contributed by atoms with van der Waals surface area (Å²) >= 11 is 0. The normalized spacial score (nSPS) is 21.4. The molecule has 0 aliphatic carbocycles. The first-order valence-electron chi connectivity index (χ1n) is 10.1. The van der Waals surface area contributed by atoms with Gasteiger partial charge in [0.25, 0.3) is 0 Å². The minimum absolute atomic E-state index is 0.0124. The number of benzene rings is 1. The van der Waals surface area contributed by atoms with Gasteiger partial charge in [0.2, 0.25) is 8.32 Å². The number of rotatable bonds is 3. The molecule has 0 unspecified atom stereocenters. The number of hydrogen-bond acceptors (Lipinski definition) is 4. The van der Waals surface area contributed by atoms with Crippen LogP contribution in [-0.4, -0.2) is 49.2 Å². The highest BCUT2D eigenvalue weighted by Gasteiger charge is 2.39. The molecule has 1 amide bonds. The third-order valence-electron chi connectivity index (χ3n) is 5.70. The van der Waals surface area contributed by atoms with E-state index in [4.69, 9.17) is 9.16 Å². The molecule has 1 aromatic carbocycles. The van der Waals surface area contributed by atoms with Gasteiger partial charge in [0, 0.05) is 12.5 Å². The van der Waals surface area contributed by atoms with Gasteiger partial charge in [0.15, 0.2) is 0 Å². The number of likely N-dealkylation sites (tertiary alicyclic amines) is 1. The molecule has 1 fully saturated rings. The Morgan fingerprint density at radius 3 is 2.36 bits per heavy atom. The maximum absolute atomic E-state index is 12.3. The van der Waals surface area contributed by atoms with E-state index in [1.165, 1.54) is 0 Å². The molecule has 1 aromatic rings. The maximum Gasteiger partial charge on any atom is 0.410 e. The maximum atomic E-state index is 12.3. The van der Waals surface area contributed by atoms with Crippen LogP contribution in [-0.2, 0) is 4.74 Å². The number of hydrogen-bond donors (Lipinski definition) is 1. The summed E-state index contributed by atoms with van der Waals surface area (Å²) in [6.07, 6.45) is -0.284. The predicted molar refractivity (Wildman–Crippen MR) is 115 cm³/mol. The molecule has 1 aliphatic rings. The molecule has 2 atom stereocenters. The van der Waals surface area contributed by atoms with E-state index < -0.39 is 20.0 Å². The molecule has 6 heteroatoms. The molecule has 5 nitrogen and oxygen atoms in total. The summed E-state index contributed by atoms with van der Waals surface area (Å²) in [5.74, 6) is 0.854. The summed E-state index contributed by atoms with van der Waals surface area (Å²) in [7, 11) is -1.92. The van der Waals surface area contributed by atoms with Crippen molar-refractivity contribution in [3.63, 3.8) is 0 Å². The molecule has 0 aromatic heterocycles. The molecule has 28 heavy (non-hydrogen) atoms. The van der Waals surface area contributed by atoms with Gasteiger partial charge in [0.1, 0.15) is 11.4 Å². The number of amides is 1. The van der Waals surface area contributed by atoms with Crippen LogP contribution in [0.1, 0.15) is 59.4 Å². The van der Waals surface area contributed by atoms with Crippen molar-refractivity contribution in [2.45, 2.75) is 83.7 Å². The molecule has 0 saturated carbocycles. The second kappa shape index (κ2) is 8.07. The first-order valence-corrected chi connectivity index (χ1v) is 13.1. The number of nitrogens with zero attached hydrogens (tertiary/aromatic N) is 1. The van der Waals surface area contributed by atoms with E-state index in [1.807, 2.05) is 39.0 Å². The average Bonchev–Trinajstić information content (AvgIpc) is 2.51. The van der Waals surface area contributed by atoms with Crippen LogP contribution in [0.3, 0.4) is 0 Å². The molecule has 1 aliphatic heterocycles. The van der Waals surface area contributed by atoms with E-state index in [0.717, 1.165) is 11.3 Å². The number of β-amino-alcohol motifs (C(OH)–C–C–N with tert-alkyl or cyclic N) is 1. The standard InChI is InChI=1S/C22H37NO4Si/c1-21(2,3)26-20(25)23-13-12-18(19(24)15-23)16-10-9-11-17(14-16)27-28(7,8)22(4,5)6/h9-11,14,18-19,24H,12-13,15H2,1-8H3/t18-,19+/m0/s1. The van der Waals surface area contributed by atoms with Gasteiger partial charge in [-0.05, 0) is 63.0 Å². The molecule has 0 spiro atoms. The minimum Gasteiger partial charge on any atom is -0.543 e. The van der Waals surface area contributed by atoms with Gasteiger partial charge < -0.3 is 19.2 Å². The topological polar surface area (TPSA) is 59.0 Å². The lowest BCUT2D eigenvalue weighted by Crippen LogP contribution is -2.47. The van der Waals surface area contributed by atoms with Crippen molar-refractivity contribution in [3.8, 4) is 5.75 Å². The van der Waals surface area contributed by atoms with Crippen LogP contribution >= 0.6 is 0 Å². The number of aliphatic hydroxyl groups is 1. The largest absolute Gasteiger partial charge is 0.543 e. The highest BCUT2D eigenvalue weighted by atomic mass is 28.4. The number of carbonyl (C=O) groups excluding carboxylic acids is 1. The first-order chi connectivity index (χ1) is 12.7. The fraction of sp³-hybridized carbons (Fsp3) is 0.682. The van der Waals surface area contributed by atoms with Gasteiger partial charge >= 0.3 is 6.09 Å². The fourth-order valence-electron chi connectivity index (χ4n) is 3.07. The molecule has 2 rings (SSSR count). The van der Waals surface area contributed by atoms with Crippen LogP contribution in [0.15, 0.2) is 24.3 Å². The highest BCUT2D eigenvalue weighted by molar-refractivity contribution is 6.74. The summed E-state index contributed by atoms with van der Waals surface area (Å²) in [6.45, 7) is 17.5. The number of ether oxygens (including phenoxy) is 1. The van der Waals surface area contributed by atoms with Gasteiger partial charge in [-0.1, -0.05) is 32.9 Å². The molecular weight excluding hydrogens is 370 g/mol. The van der Waals surface area contributed by atoms with Gasteiger partial charge in [-0.2, -0.15) is 0 Å². The van der Waals surface area contributed by atoms with E-state index in [2.05, 4.69) is 39.9 Å². The molecule has 0 radical (unpaired) electrons. The summed E-state index contributed by atoms with van der Waals surface area (Å²) < 4.78 is 11.9. The van der Waals surface area contributed by atoms with Gasteiger partial charge in [-0.15, -0.1) is 0 Å². The van der Waals surface area contributed by atoms with Crippen LogP contribution in [0.25, 0.3) is 0 Å². The zero-order chi connectivity index (χ0) is 21.3. The van der Waals surface area contributed by atoms with E-state index in [1.54, 1.807) is 4.90 Å². The monoisotopic (exact) mass is 407 g/mol. The van der Waals surface area contributed by atoms with Crippen molar-refractivity contribution in [2.24, 2.45) is 0 Å². The zero-order valence-electron chi connectivity index (χ0n) is 18.7.